The second-order valence-electron chi connectivity index (χ2n) is 4.14. The largest absolute Gasteiger partial charge is 0.315 e. The predicted molar refractivity (Wildman–Crippen MR) is 61.5 cm³/mol. The summed E-state index contributed by atoms with van der Waals surface area (Å²) in [5.74, 6) is 0.708. The fourth-order valence-electron chi connectivity index (χ4n) is 1.35. The first kappa shape index (κ1) is 13.2. The van der Waals surface area contributed by atoms with Gasteiger partial charge in [-0.2, -0.15) is 0 Å². The standard InChI is InChI=1S/C11H24ClN/c1-4-5-6-7-13-9-11(12)8-10(2)3/h10-11,13H,4-9H2,1-3H3. The number of halogens is 1. The number of alkyl halides is 1. The molecule has 80 valence electrons. The molecular weight excluding hydrogens is 182 g/mol. The number of nitrogens with one attached hydrogen (secondary N) is 1. The highest BCUT2D eigenvalue weighted by Crippen LogP contribution is 2.09. The summed E-state index contributed by atoms with van der Waals surface area (Å²) < 4.78 is 0. The van der Waals surface area contributed by atoms with Gasteiger partial charge >= 0.3 is 0 Å². The molecule has 0 radical (unpaired) electrons. The molecule has 1 atom stereocenters. The zero-order chi connectivity index (χ0) is 10.1. The van der Waals surface area contributed by atoms with E-state index in [0.717, 1.165) is 19.5 Å². The molecule has 0 heterocycles. The summed E-state index contributed by atoms with van der Waals surface area (Å²) in [5.41, 5.74) is 0. The molecule has 0 aromatic carbocycles. The van der Waals surface area contributed by atoms with E-state index < -0.39 is 0 Å². The van der Waals surface area contributed by atoms with Crippen molar-refractivity contribution in [1.82, 2.24) is 5.32 Å². The molecule has 1 N–H and O–H groups in total. The Labute approximate surface area is 88.2 Å². The van der Waals surface area contributed by atoms with E-state index in [1.165, 1.54) is 19.3 Å². The monoisotopic (exact) mass is 205 g/mol. The smallest absolute Gasteiger partial charge is 0.0463 e. The minimum absolute atomic E-state index is 0.307. The molecule has 0 amide bonds. The Morgan fingerprint density at radius 3 is 2.46 bits per heavy atom. The minimum Gasteiger partial charge on any atom is -0.315 e. The molecule has 0 bridgehead atoms. The molecule has 0 aliphatic rings. The highest BCUT2D eigenvalue weighted by Gasteiger charge is 2.05. The van der Waals surface area contributed by atoms with Crippen LogP contribution in [0.2, 0.25) is 0 Å². The predicted octanol–water partition coefficient (Wildman–Crippen LogP) is 3.42. The van der Waals surface area contributed by atoms with Crippen molar-refractivity contribution in [2.45, 2.75) is 51.8 Å². The molecule has 1 nitrogen and oxygen atoms in total. The van der Waals surface area contributed by atoms with Crippen molar-refractivity contribution in [3.05, 3.63) is 0 Å². The van der Waals surface area contributed by atoms with Gasteiger partial charge in [-0.1, -0.05) is 33.6 Å². The Hall–Kier alpha value is 0.250. The summed E-state index contributed by atoms with van der Waals surface area (Å²) in [6.07, 6.45) is 5.01. The first-order valence-electron chi connectivity index (χ1n) is 5.51. The van der Waals surface area contributed by atoms with Crippen LogP contribution in [0.15, 0.2) is 0 Å². The lowest BCUT2D eigenvalue weighted by Crippen LogP contribution is -2.25. The van der Waals surface area contributed by atoms with E-state index >= 15 is 0 Å². The molecule has 0 saturated carbocycles. The lowest BCUT2D eigenvalue weighted by atomic mass is 10.1. The third-order valence-electron chi connectivity index (χ3n) is 2.05. The van der Waals surface area contributed by atoms with Crippen LogP contribution in [0, 0.1) is 5.92 Å². The molecule has 0 aliphatic carbocycles. The van der Waals surface area contributed by atoms with Crippen LogP contribution < -0.4 is 5.32 Å². The molecule has 0 saturated heterocycles. The molecule has 1 unspecified atom stereocenters. The zero-order valence-corrected chi connectivity index (χ0v) is 10.0. The summed E-state index contributed by atoms with van der Waals surface area (Å²) in [5, 5.41) is 3.70. The zero-order valence-electron chi connectivity index (χ0n) is 9.28. The van der Waals surface area contributed by atoms with Gasteiger partial charge < -0.3 is 5.32 Å². The van der Waals surface area contributed by atoms with Crippen molar-refractivity contribution < 1.29 is 0 Å². The second-order valence-corrected chi connectivity index (χ2v) is 4.76. The Bertz CT molecular complexity index is 104. The number of hydrogen-bond donors (Lipinski definition) is 1. The van der Waals surface area contributed by atoms with Crippen LogP contribution in [0.1, 0.15) is 46.5 Å². The van der Waals surface area contributed by atoms with Gasteiger partial charge in [-0.15, -0.1) is 11.6 Å². The van der Waals surface area contributed by atoms with Gasteiger partial charge in [0.1, 0.15) is 0 Å². The van der Waals surface area contributed by atoms with E-state index in [-0.39, 0.29) is 0 Å². The highest BCUT2D eigenvalue weighted by atomic mass is 35.5. The first-order valence-corrected chi connectivity index (χ1v) is 5.95. The maximum Gasteiger partial charge on any atom is 0.0463 e. The van der Waals surface area contributed by atoms with Gasteiger partial charge in [0.2, 0.25) is 0 Å². The molecule has 0 aromatic rings. The van der Waals surface area contributed by atoms with Crippen LogP contribution in [-0.2, 0) is 0 Å². The van der Waals surface area contributed by atoms with Crippen LogP contribution in [0.25, 0.3) is 0 Å². The Kier molecular flexibility index (Phi) is 9.00. The number of rotatable bonds is 8. The molecule has 0 rings (SSSR count). The molecule has 0 spiro atoms. The minimum atomic E-state index is 0.307. The lowest BCUT2D eigenvalue weighted by Gasteiger charge is -2.12. The van der Waals surface area contributed by atoms with E-state index in [9.17, 15) is 0 Å². The van der Waals surface area contributed by atoms with E-state index in [4.69, 9.17) is 11.6 Å². The van der Waals surface area contributed by atoms with Gasteiger partial charge in [0.25, 0.3) is 0 Å². The van der Waals surface area contributed by atoms with Gasteiger partial charge in [-0.05, 0) is 25.3 Å². The van der Waals surface area contributed by atoms with Crippen molar-refractivity contribution in [2.24, 2.45) is 5.92 Å². The van der Waals surface area contributed by atoms with Gasteiger partial charge in [0.15, 0.2) is 0 Å². The topological polar surface area (TPSA) is 12.0 Å². The van der Waals surface area contributed by atoms with Crippen molar-refractivity contribution in [3.8, 4) is 0 Å². The maximum absolute atomic E-state index is 6.13. The average molecular weight is 206 g/mol. The van der Waals surface area contributed by atoms with Gasteiger partial charge in [0, 0.05) is 11.9 Å². The average Bonchev–Trinajstić information content (AvgIpc) is 2.02. The SMILES string of the molecule is CCCCCNCC(Cl)CC(C)C. The Balaban J connectivity index is 3.12. The first-order chi connectivity index (χ1) is 6.16. The second kappa shape index (κ2) is 8.83. The van der Waals surface area contributed by atoms with E-state index in [2.05, 4.69) is 26.1 Å². The van der Waals surface area contributed by atoms with Crippen LogP contribution in [0.5, 0.6) is 0 Å². The molecule has 0 aromatic heterocycles. The van der Waals surface area contributed by atoms with Gasteiger partial charge in [0.05, 0.1) is 0 Å². The third-order valence-corrected chi connectivity index (χ3v) is 2.38. The quantitative estimate of drug-likeness (QED) is 0.473. The van der Waals surface area contributed by atoms with Crippen molar-refractivity contribution >= 4 is 11.6 Å². The Morgan fingerprint density at radius 2 is 1.92 bits per heavy atom. The summed E-state index contributed by atoms with van der Waals surface area (Å²) >= 11 is 6.13. The van der Waals surface area contributed by atoms with Crippen LogP contribution in [0.3, 0.4) is 0 Å². The van der Waals surface area contributed by atoms with E-state index in [1.54, 1.807) is 0 Å². The van der Waals surface area contributed by atoms with Gasteiger partial charge in [-0.3, -0.25) is 0 Å². The van der Waals surface area contributed by atoms with E-state index in [0.29, 0.717) is 11.3 Å². The Morgan fingerprint density at radius 1 is 1.23 bits per heavy atom. The molecule has 0 aliphatic heterocycles. The molecular formula is C11H24ClN. The van der Waals surface area contributed by atoms with E-state index in [1.807, 2.05) is 0 Å². The molecule has 13 heavy (non-hydrogen) atoms. The summed E-state index contributed by atoms with van der Waals surface area (Å²) in [6, 6.07) is 0. The maximum atomic E-state index is 6.13. The summed E-state index contributed by atoms with van der Waals surface area (Å²) in [4.78, 5) is 0. The van der Waals surface area contributed by atoms with Crippen molar-refractivity contribution in [2.75, 3.05) is 13.1 Å². The lowest BCUT2D eigenvalue weighted by molar-refractivity contribution is 0.525. The highest BCUT2D eigenvalue weighted by molar-refractivity contribution is 6.20. The van der Waals surface area contributed by atoms with Crippen LogP contribution in [0.4, 0.5) is 0 Å². The van der Waals surface area contributed by atoms with Gasteiger partial charge in [-0.25, -0.2) is 0 Å². The van der Waals surface area contributed by atoms with Crippen LogP contribution in [-0.4, -0.2) is 18.5 Å². The number of unbranched alkanes of at least 4 members (excludes halogenated alkanes) is 2. The molecule has 2 heteroatoms. The number of hydrogen-bond acceptors (Lipinski definition) is 1. The fraction of sp³-hybridized carbons (Fsp3) is 1.00. The normalized spacial score (nSPS) is 13.6. The molecule has 0 fully saturated rings. The third kappa shape index (κ3) is 10.2. The summed E-state index contributed by atoms with van der Waals surface area (Å²) in [7, 11) is 0. The van der Waals surface area contributed by atoms with Crippen molar-refractivity contribution in [1.29, 1.82) is 0 Å². The fourth-order valence-corrected chi connectivity index (χ4v) is 1.82. The van der Waals surface area contributed by atoms with Crippen molar-refractivity contribution in [3.63, 3.8) is 0 Å². The summed E-state index contributed by atoms with van der Waals surface area (Å²) in [6.45, 7) is 8.74. The van der Waals surface area contributed by atoms with Crippen LogP contribution >= 0.6 is 11.6 Å².